The number of rotatable bonds is 6. The molecule has 0 saturated heterocycles. The van der Waals surface area contributed by atoms with Crippen molar-refractivity contribution >= 4 is 77.7 Å². The minimum Gasteiger partial charge on any atom is -0.302 e. The number of hydrogen-bond acceptors (Lipinski definition) is 7. The zero-order valence-electron chi connectivity index (χ0n) is 15.7. The number of amides is 1. The summed E-state index contributed by atoms with van der Waals surface area (Å²) in [6.45, 7) is 4.35. The molecule has 0 aliphatic heterocycles. The van der Waals surface area contributed by atoms with Gasteiger partial charge in [0.2, 0.25) is 5.91 Å². The third kappa shape index (κ3) is 4.35. The van der Waals surface area contributed by atoms with Crippen molar-refractivity contribution in [1.82, 2.24) is 9.97 Å². The van der Waals surface area contributed by atoms with Gasteiger partial charge in [0.1, 0.15) is 0 Å². The molecule has 28 heavy (non-hydrogen) atoms. The Balaban J connectivity index is 1.49. The molecule has 2 heterocycles. The number of nitrogens with one attached hydrogen (secondary N) is 1. The summed E-state index contributed by atoms with van der Waals surface area (Å²) in [4.78, 5) is 22.9. The molecule has 0 spiro atoms. The van der Waals surface area contributed by atoms with Gasteiger partial charge in [-0.1, -0.05) is 49.1 Å². The SMILES string of the molecule is CSc1nc2ccc3nc(NC(=O)Cc4ccc(SC(C)C)cc4)sc3c2s1. The van der Waals surface area contributed by atoms with E-state index < -0.39 is 0 Å². The molecule has 0 aliphatic rings. The highest BCUT2D eigenvalue weighted by Gasteiger charge is 2.13. The van der Waals surface area contributed by atoms with E-state index in [1.54, 1.807) is 23.1 Å². The molecule has 0 radical (unpaired) electrons. The average Bonchev–Trinajstić information content (AvgIpc) is 3.25. The number of anilines is 1. The summed E-state index contributed by atoms with van der Waals surface area (Å²) in [7, 11) is 0. The van der Waals surface area contributed by atoms with Crippen molar-refractivity contribution in [3.63, 3.8) is 0 Å². The van der Waals surface area contributed by atoms with Crippen molar-refractivity contribution in [3.8, 4) is 0 Å². The Kier molecular flexibility index (Phi) is 5.91. The summed E-state index contributed by atoms with van der Waals surface area (Å²) in [6, 6.07) is 12.2. The van der Waals surface area contributed by atoms with Gasteiger partial charge in [0, 0.05) is 10.1 Å². The maximum atomic E-state index is 12.5. The maximum Gasteiger partial charge on any atom is 0.230 e. The van der Waals surface area contributed by atoms with Crippen LogP contribution in [-0.2, 0) is 11.2 Å². The van der Waals surface area contributed by atoms with Crippen LogP contribution in [0.15, 0.2) is 45.6 Å². The van der Waals surface area contributed by atoms with E-state index in [9.17, 15) is 4.79 Å². The number of thiazole rings is 2. The zero-order valence-corrected chi connectivity index (χ0v) is 19.0. The number of carbonyl (C=O) groups is 1. The van der Waals surface area contributed by atoms with Crippen molar-refractivity contribution in [3.05, 3.63) is 42.0 Å². The largest absolute Gasteiger partial charge is 0.302 e. The Morgan fingerprint density at radius 2 is 1.71 bits per heavy atom. The lowest BCUT2D eigenvalue weighted by atomic mass is 10.1. The van der Waals surface area contributed by atoms with E-state index in [1.807, 2.05) is 42.3 Å². The minimum absolute atomic E-state index is 0.0475. The molecule has 144 valence electrons. The fourth-order valence-electron chi connectivity index (χ4n) is 2.80. The van der Waals surface area contributed by atoms with Crippen LogP contribution in [0, 0.1) is 0 Å². The summed E-state index contributed by atoms with van der Waals surface area (Å²) >= 11 is 6.65. The van der Waals surface area contributed by atoms with E-state index in [2.05, 4.69) is 41.3 Å². The molecule has 0 unspecified atom stereocenters. The first-order valence-corrected chi connectivity index (χ1v) is 12.5. The Morgan fingerprint density at radius 1 is 1.04 bits per heavy atom. The van der Waals surface area contributed by atoms with Crippen molar-refractivity contribution < 1.29 is 4.79 Å². The number of carbonyl (C=O) groups excluding carboxylic acids is 1. The Hall–Kier alpha value is -1.61. The Bertz CT molecular complexity index is 1130. The van der Waals surface area contributed by atoms with Gasteiger partial charge in [-0.05, 0) is 36.1 Å². The van der Waals surface area contributed by atoms with Gasteiger partial charge in [-0.15, -0.1) is 23.1 Å². The summed E-state index contributed by atoms with van der Waals surface area (Å²) in [5, 5.41) is 4.14. The number of benzene rings is 2. The van der Waals surface area contributed by atoms with Crippen molar-refractivity contribution in [2.45, 2.75) is 34.8 Å². The van der Waals surface area contributed by atoms with Crippen LogP contribution in [-0.4, -0.2) is 27.4 Å². The fraction of sp³-hybridized carbons (Fsp3) is 0.250. The first kappa shape index (κ1) is 19.7. The van der Waals surface area contributed by atoms with Crippen LogP contribution in [0.5, 0.6) is 0 Å². The standard InChI is InChI=1S/C20H19N3OS4/c1-11(2)26-13-6-4-12(5-7-13)10-16(24)23-19-21-14-8-9-15-18(17(14)27-19)28-20(22-15)25-3/h4-9,11H,10H2,1-3H3,(H,21,23,24). The molecule has 2 aromatic carbocycles. The van der Waals surface area contributed by atoms with Crippen molar-refractivity contribution in [2.24, 2.45) is 0 Å². The molecule has 2 aromatic heterocycles. The van der Waals surface area contributed by atoms with Gasteiger partial charge in [0.05, 0.1) is 26.9 Å². The van der Waals surface area contributed by atoms with Gasteiger partial charge in [0.15, 0.2) is 9.47 Å². The molecule has 1 N–H and O–H groups in total. The molecule has 0 bridgehead atoms. The molecule has 4 rings (SSSR count). The summed E-state index contributed by atoms with van der Waals surface area (Å²) < 4.78 is 3.26. The molecular formula is C20H19N3OS4. The minimum atomic E-state index is -0.0475. The molecule has 4 nitrogen and oxygen atoms in total. The highest BCUT2D eigenvalue weighted by molar-refractivity contribution is 8.00. The number of hydrogen-bond donors (Lipinski definition) is 1. The van der Waals surface area contributed by atoms with Crippen LogP contribution in [0.2, 0.25) is 0 Å². The van der Waals surface area contributed by atoms with Crippen LogP contribution in [0.25, 0.3) is 20.4 Å². The lowest BCUT2D eigenvalue weighted by Crippen LogP contribution is -2.14. The maximum absolute atomic E-state index is 12.5. The number of thioether (sulfide) groups is 2. The normalized spacial score (nSPS) is 11.6. The van der Waals surface area contributed by atoms with Crippen LogP contribution in [0.3, 0.4) is 0 Å². The van der Waals surface area contributed by atoms with Gasteiger partial charge < -0.3 is 5.32 Å². The zero-order chi connectivity index (χ0) is 19.7. The molecule has 1 amide bonds. The molecular weight excluding hydrogens is 427 g/mol. The molecule has 0 fully saturated rings. The van der Waals surface area contributed by atoms with E-state index in [0.717, 1.165) is 30.3 Å². The second-order valence-electron chi connectivity index (χ2n) is 6.50. The predicted molar refractivity (Wildman–Crippen MR) is 124 cm³/mol. The van der Waals surface area contributed by atoms with Crippen molar-refractivity contribution in [1.29, 1.82) is 0 Å². The monoisotopic (exact) mass is 445 g/mol. The number of aromatic nitrogens is 2. The lowest BCUT2D eigenvalue weighted by molar-refractivity contribution is -0.115. The molecule has 0 aliphatic carbocycles. The average molecular weight is 446 g/mol. The van der Waals surface area contributed by atoms with E-state index in [0.29, 0.717) is 16.8 Å². The lowest BCUT2D eigenvalue weighted by Gasteiger charge is -2.06. The van der Waals surface area contributed by atoms with E-state index in [1.165, 1.54) is 16.2 Å². The third-order valence-corrected chi connectivity index (χ3v) is 8.20. The second-order valence-corrected chi connectivity index (χ2v) is 11.2. The highest BCUT2D eigenvalue weighted by atomic mass is 32.2. The predicted octanol–water partition coefficient (Wildman–Crippen LogP) is 6.31. The van der Waals surface area contributed by atoms with E-state index in [4.69, 9.17) is 0 Å². The first-order chi connectivity index (χ1) is 13.5. The Morgan fingerprint density at radius 3 is 2.39 bits per heavy atom. The third-order valence-electron chi connectivity index (χ3n) is 3.97. The van der Waals surface area contributed by atoms with Gasteiger partial charge in [-0.2, -0.15) is 0 Å². The van der Waals surface area contributed by atoms with Crippen LogP contribution < -0.4 is 5.32 Å². The second kappa shape index (κ2) is 8.41. The summed E-state index contributed by atoms with van der Waals surface area (Å²) in [5.74, 6) is -0.0475. The van der Waals surface area contributed by atoms with Gasteiger partial charge in [-0.25, -0.2) is 9.97 Å². The van der Waals surface area contributed by atoms with Crippen LogP contribution >= 0.6 is 46.2 Å². The summed E-state index contributed by atoms with van der Waals surface area (Å²) in [5.41, 5.74) is 2.89. The van der Waals surface area contributed by atoms with E-state index in [-0.39, 0.29) is 5.91 Å². The van der Waals surface area contributed by atoms with Gasteiger partial charge >= 0.3 is 0 Å². The van der Waals surface area contributed by atoms with Gasteiger partial charge in [-0.3, -0.25) is 4.79 Å². The number of fused-ring (bicyclic) bond motifs is 3. The van der Waals surface area contributed by atoms with Crippen molar-refractivity contribution in [2.75, 3.05) is 11.6 Å². The Labute approximate surface area is 180 Å². The highest BCUT2D eigenvalue weighted by Crippen LogP contribution is 2.38. The number of nitrogens with zero attached hydrogens (tertiary/aromatic N) is 2. The van der Waals surface area contributed by atoms with Crippen LogP contribution in [0.1, 0.15) is 19.4 Å². The summed E-state index contributed by atoms with van der Waals surface area (Å²) in [6.07, 6.45) is 2.37. The topological polar surface area (TPSA) is 54.9 Å². The fourth-order valence-corrected chi connectivity index (χ4v) is 6.31. The van der Waals surface area contributed by atoms with Gasteiger partial charge in [0.25, 0.3) is 0 Å². The molecule has 4 aromatic rings. The molecule has 0 saturated carbocycles. The first-order valence-electron chi connectivity index (χ1n) is 8.81. The molecule has 0 atom stereocenters. The van der Waals surface area contributed by atoms with Crippen LogP contribution in [0.4, 0.5) is 5.13 Å². The molecule has 8 heteroatoms. The quantitative estimate of drug-likeness (QED) is 0.352. The van der Waals surface area contributed by atoms with E-state index >= 15 is 0 Å². The smallest absolute Gasteiger partial charge is 0.230 e.